The Bertz CT molecular complexity index is 669. The number of rotatable bonds is 6. The number of sulfonamides is 1. The Morgan fingerprint density at radius 1 is 1.24 bits per heavy atom. The lowest BCUT2D eigenvalue weighted by molar-refractivity contribution is -0.137. The summed E-state index contributed by atoms with van der Waals surface area (Å²) in [4.78, 5) is 0. The van der Waals surface area contributed by atoms with Crippen LogP contribution in [0.25, 0.3) is 0 Å². The highest BCUT2D eigenvalue weighted by molar-refractivity contribution is 7.89. The Labute approximate surface area is 146 Å². The van der Waals surface area contributed by atoms with E-state index >= 15 is 0 Å². The predicted molar refractivity (Wildman–Crippen MR) is 88.5 cm³/mol. The van der Waals surface area contributed by atoms with Crippen LogP contribution in [-0.4, -0.2) is 50.3 Å². The summed E-state index contributed by atoms with van der Waals surface area (Å²) in [5.74, 6) is -0.106. The molecule has 2 unspecified atom stereocenters. The van der Waals surface area contributed by atoms with Crippen molar-refractivity contribution in [3.05, 3.63) is 35.4 Å². The number of hydrogen-bond acceptors (Lipinski definition) is 4. The van der Waals surface area contributed by atoms with E-state index in [0.29, 0.717) is 18.7 Å². The molecule has 1 N–H and O–H groups in total. The Morgan fingerprint density at radius 3 is 2.48 bits per heavy atom. The fourth-order valence-corrected chi connectivity index (χ4v) is 4.31. The average Bonchev–Trinajstić information content (AvgIpc) is 2.50. The fourth-order valence-electron chi connectivity index (χ4n) is 2.78. The van der Waals surface area contributed by atoms with E-state index in [2.05, 4.69) is 5.32 Å². The molecule has 2 rings (SSSR count). The highest BCUT2D eigenvalue weighted by Gasteiger charge is 2.31. The maximum Gasteiger partial charge on any atom is 0.416 e. The van der Waals surface area contributed by atoms with Crippen molar-refractivity contribution in [1.82, 2.24) is 9.62 Å². The van der Waals surface area contributed by atoms with E-state index in [-0.39, 0.29) is 31.1 Å². The van der Waals surface area contributed by atoms with Crippen LogP contribution in [0.4, 0.5) is 13.2 Å². The highest BCUT2D eigenvalue weighted by Crippen LogP contribution is 2.29. The number of nitrogens with one attached hydrogen (secondary N) is 1. The number of nitrogens with zero attached hydrogens (tertiary/aromatic N) is 1. The van der Waals surface area contributed by atoms with Crippen LogP contribution in [0.3, 0.4) is 0 Å². The lowest BCUT2D eigenvalue weighted by Crippen LogP contribution is -2.49. The first kappa shape index (κ1) is 20.2. The van der Waals surface area contributed by atoms with E-state index in [1.807, 2.05) is 13.8 Å². The molecule has 0 amide bonds. The molecule has 5 nitrogen and oxygen atoms in total. The second-order valence-corrected chi connectivity index (χ2v) is 8.35. The van der Waals surface area contributed by atoms with Crippen molar-refractivity contribution in [1.29, 1.82) is 0 Å². The van der Waals surface area contributed by atoms with E-state index in [1.54, 1.807) is 6.07 Å². The monoisotopic (exact) mass is 380 g/mol. The van der Waals surface area contributed by atoms with E-state index in [1.165, 1.54) is 10.4 Å². The molecule has 1 aliphatic heterocycles. The molecule has 0 aromatic heterocycles. The molecule has 1 fully saturated rings. The van der Waals surface area contributed by atoms with Gasteiger partial charge in [0, 0.05) is 26.2 Å². The van der Waals surface area contributed by atoms with Crippen LogP contribution < -0.4 is 5.32 Å². The maximum atomic E-state index is 12.7. The van der Waals surface area contributed by atoms with Gasteiger partial charge in [0.15, 0.2) is 0 Å². The van der Waals surface area contributed by atoms with Gasteiger partial charge >= 0.3 is 6.18 Å². The molecule has 0 aliphatic carbocycles. The summed E-state index contributed by atoms with van der Waals surface area (Å²) in [6.07, 6.45) is -4.70. The van der Waals surface area contributed by atoms with Crippen LogP contribution in [0.15, 0.2) is 24.3 Å². The predicted octanol–water partition coefficient (Wildman–Crippen LogP) is 2.23. The van der Waals surface area contributed by atoms with Gasteiger partial charge in [-0.1, -0.05) is 18.2 Å². The van der Waals surface area contributed by atoms with E-state index < -0.39 is 21.8 Å². The Balaban J connectivity index is 1.84. The first-order valence-corrected chi connectivity index (χ1v) is 9.69. The number of hydrogen-bond donors (Lipinski definition) is 1. The molecule has 0 radical (unpaired) electrons. The normalized spacial score (nSPS) is 22.9. The van der Waals surface area contributed by atoms with E-state index in [0.717, 1.165) is 12.1 Å². The quantitative estimate of drug-likeness (QED) is 0.769. The second kappa shape index (κ2) is 8.03. The van der Waals surface area contributed by atoms with E-state index in [4.69, 9.17) is 4.74 Å². The average molecular weight is 380 g/mol. The van der Waals surface area contributed by atoms with Gasteiger partial charge in [0.2, 0.25) is 10.0 Å². The summed E-state index contributed by atoms with van der Waals surface area (Å²) in [5, 5.41) is 2.89. The summed E-state index contributed by atoms with van der Waals surface area (Å²) >= 11 is 0. The van der Waals surface area contributed by atoms with Crippen molar-refractivity contribution in [2.45, 2.75) is 38.8 Å². The van der Waals surface area contributed by atoms with Crippen molar-refractivity contribution in [2.75, 3.05) is 25.4 Å². The van der Waals surface area contributed by atoms with Crippen molar-refractivity contribution in [3.8, 4) is 0 Å². The smallest absolute Gasteiger partial charge is 0.373 e. The standard InChI is InChI=1S/C16H23F3N2O3S/c1-12-10-21(11-13(2)24-12)25(22,23)7-6-20-9-14-4-3-5-15(8-14)16(17,18)19/h3-5,8,12-13,20H,6-7,9-11H2,1-2H3. The molecule has 1 aromatic rings. The van der Waals surface area contributed by atoms with Crippen LogP contribution in [0.2, 0.25) is 0 Å². The lowest BCUT2D eigenvalue weighted by atomic mass is 10.1. The third-order valence-electron chi connectivity index (χ3n) is 3.90. The zero-order valence-corrected chi connectivity index (χ0v) is 15.0. The molecule has 2 atom stereocenters. The first-order valence-electron chi connectivity index (χ1n) is 8.08. The van der Waals surface area contributed by atoms with Crippen LogP contribution in [0.5, 0.6) is 0 Å². The molecule has 1 saturated heterocycles. The summed E-state index contributed by atoms with van der Waals surface area (Å²) < 4.78 is 69.6. The zero-order chi connectivity index (χ0) is 18.7. The Kier molecular flexibility index (Phi) is 6.47. The summed E-state index contributed by atoms with van der Waals surface area (Å²) in [6, 6.07) is 4.98. The van der Waals surface area contributed by atoms with Gasteiger partial charge in [0.05, 0.1) is 23.5 Å². The number of morpholine rings is 1. The van der Waals surface area contributed by atoms with Crippen molar-refractivity contribution in [3.63, 3.8) is 0 Å². The van der Waals surface area contributed by atoms with Gasteiger partial charge in [-0.15, -0.1) is 0 Å². The number of benzene rings is 1. The molecule has 0 bridgehead atoms. The molecule has 1 heterocycles. The summed E-state index contributed by atoms with van der Waals surface area (Å²) in [7, 11) is -3.42. The van der Waals surface area contributed by atoms with Gasteiger partial charge in [0.25, 0.3) is 0 Å². The fraction of sp³-hybridized carbons (Fsp3) is 0.625. The molecule has 0 spiro atoms. The largest absolute Gasteiger partial charge is 0.416 e. The van der Waals surface area contributed by atoms with Gasteiger partial charge < -0.3 is 10.1 Å². The minimum atomic E-state index is -4.39. The molecule has 0 saturated carbocycles. The highest BCUT2D eigenvalue weighted by atomic mass is 32.2. The zero-order valence-electron chi connectivity index (χ0n) is 14.2. The molecule has 25 heavy (non-hydrogen) atoms. The summed E-state index contributed by atoms with van der Waals surface area (Å²) in [5.41, 5.74) is -0.253. The van der Waals surface area contributed by atoms with Crippen molar-refractivity contribution in [2.24, 2.45) is 0 Å². The first-order chi connectivity index (χ1) is 11.6. The third kappa shape index (κ3) is 5.95. The molecule has 1 aromatic carbocycles. The number of ether oxygens (including phenoxy) is 1. The minimum Gasteiger partial charge on any atom is -0.373 e. The van der Waals surface area contributed by atoms with Gasteiger partial charge in [-0.25, -0.2) is 8.42 Å². The second-order valence-electron chi connectivity index (χ2n) is 6.27. The van der Waals surface area contributed by atoms with Gasteiger partial charge in [-0.05, 0) is 25.5 Å². The van der Waals surface area contributed by atoms with Crippen molar-refractivity contribution < 1.29 is 26.3 Å². The molecule has 9 heteroatoms. The maximum absolute atomic E-state index is 12.7. The van der Waals surface area contributed by atoms with Crippen LogP contribution in [-0.2, 0) is 27.5 Å². The van der Waals surface area contributed by atoms with Gasteiger partial charge in [-0.2, -0.15) is 17.5 Å². The van der Waals surface area contributed by atoms with Gasteiger partial charge in [-0.3, -0.25) is 0 Å². The van der Waals surface area contributed by atoms with Crippen LogP contribution >= 0.6 is 0 Å². The molecular weight excluding hydrogens is 357 g/mol. The SMILES string of the molecule is CC1CN(S(=O)(=O)CCNCc2cccc(C(F)(F)F)c2)CC(C)O1. The third-order valence-corrected chi connectivity index (χ3v) is 5.70. The topological polar surface area (TPSA) is 58.6 Å². The van der Waals surface area contributed by atoms with E-state index in [9.17, 15) is 21.6 Å². The lowest BCUT2D eigenvalue weighted by Gasteiger charge is -2.34. The minimum absolute atomic E-state index is 0.106. The Hall–Kier alpha value is -1.16. The van der Waals surface area contributed by atoms with Crippen LogP contribution in [0, 0.1) is 0 Å². The van der Waals surface area contributed by atoms with Crippen molar-refractivity contribution >= 4 is 10.0 Å². The van der Waals surface area contributed by atoms with Crippen LogP contribution in [0.1, 0.15) is 25.0 Å². The van der Waals surface area contributed by atoms with Gasteiger partial charge in [0.1, 0.15) is 0 Å². The summed E-state index contributed by atoms with van der Waals surface area (Å²) in [6.45, 7) is 4.63. The Morgan fingerprint density at radius 2 is 1.88 bits per heavy atom. The molecule has 1 aliphatic rings. The number of halogens is 3. The number of alkyl halides is 3. The molecule has 142 valence electrons. The molecular formula is C16H23F3N2O3S.